The molecule has 1 saturated carbocycles. The number of halogens is 3. The summed E-state index contributed by atoms with van der Waals surface area (Å²) < 4.78 is 42.2. The standard InChI is InChI=1S/C17H18F3N5O3/c18-17(19,20)9-28-14-4-1-11(7-21-14)8-22-16(27)13-5-6-25(24-13)10-23-15(26)12-2-3-12/h1,4-7,12H,2-3,8-10H2,(H,22,27)(H,23,26). The van der Waals surface area contributed by atoms with Crippen LogP contribution in [0.1, 0.15) is 28.9 Å². The number of alkyl halides is 3. The van der Waals surface area contributed by atoms with Crippen LogP contribution in [0.25, 0.3) is 0 Å². The van der Waals surface area contributed by atoms with Crippen molar-refractivity contribution in [1.29, 1.82) is 0 Å². The van der Waals surface area contributed by atoms with Crippen LogP contribution < -0.4 is 15.4 Å². The normalized spacial score (nSPS) is 13.8. The van der Waals surface area contributed by atoms with Crippen molar-refractivity contribution >= 4 is 11.8 Å². The molecule has 2 amide bonds. The van der Waals surface area contributed by atoms with Gasteiger partial charge in [0.25, 0.3) is 5.91 Å². The van der Waals surface area contributed by atoms with E-state index in [0.717, 1.165) is 12.8 Å². The van der Waals surface area contributed by atoms with Gasteiger partial charge in [-0.05, 0) is 24.5 Å². The number of carbonyl (C=O) groups excluding carboxylic acids is 2. The van der Waals surface area contributed by atoms with E-state index < -0.39 is 18.7 Å². The predicted octanol–water partition coefficient (Wildman–Crippen LogP) is 1.63. The molecule has 0 aromatic carbocycles. The number of carbonyl (C=O) groups is 2. The minimum absolute atomic E-state index is 0.0170. The topological polar surface area (TPSA) is 98.1 Å². The number of nitrogens with zero attached hydrogens (tertiary/aromatic N) is 3. The largest absolute Gasteiger partial charge is 0.468 e. The average molecular weight is 397 g/mol. The summed E-state index contributed by atoms with van der Waals surface area (Å²) in [6, 6.07) is 4.32. The number of hydrogen-bond acceptors (Lipinski definition) is 5. The molecule has 0 aliphatic heterocycles. The second-order valence-corrected chi connectivity index (χ2v) is 6.31. The molecular formula is C17H18F3N5O3. The highest BCUT2D eigenvalue weighted by Gasteiger charge is 2.29. The van der Waals surface area contributed by atoms with Gasteiger partial charge in [-0.2, -0.15) is 18.3 Å². The van der Waals surface area contributed by atoms with Crippen LogP contribution in [-0.2, 0) is 18.0 Å². The van der Waals surface area contributed by atoms with Crippen molar-refractivity contribution in [2.75, 3.05) is 6.61 Å². The van der Waals surface area contributed by atoms with Crippen molar-refractivity contribution in [3.63, 3.8) is 0 Å². The van der Waals surface area contributed by atoms with Crippen LogP contribution in [0, 0.1) is 5.92 Å². The van der Waals surface area contributed by atoms with Gasteiger partial charge < -0.3 is 15.4 Å². The molecule has 0 unspecified atom stereocenters. The molecule has 1 fully saturated rings. The van der Waals surface area contributed by atoms with Gasteiger partial charge in [-0.1, -0.05) is 6.07 Å². The molecule has 0 saturated heterocycles. The predicted molar refractivity (Wildman–Crippen MR) is 90.1 cm³/mol. The Morgan fingerprint density at radius 2 is 2.00 bits per heavy atom. The summed E-state index contributed by atoms with van der Waals surface area (Å²) in [5, 5.41) is 9.45. The third-order valence-electron chi connectivity index (χ3n) is 3.87. The highest BCUT2D eigenvalue weighted by atomic mass is 19.4. The van der Waals surface area contributed by atoms with Crippen LogP contribution in [0.2, 0.25) is 0 Å². The Balaban J connectivity index is 1.44. The maximum atomic E-state index is 12.1. The zero-order chi connectivity index (χ0) is 20.1. The first-order valence-corrected chi connectivity index (χ1v) is 8.54. The first-order chi connectivity index (χ1) is 13.3. The summed E-state index contributed by atoms with van der Waals surface area (Å²) in [6.45, 7) is -1.11. The first-order valence-electron chi connectivity index (χ1n) is 8.54. The molecule has 11 heteroatoms. The molecule has 150 valence electrons. The van der Waals surface area contributed by atoms with Gasteiger partial charge in [0.2, 0.25) is 11.8 Å². The Labute approximate surface area is 158 Å². The number of aromatic nitrogens is 3. The second kappa shape index (κ2) is 8.28. The van der Waals surface area contributed by atoms with Crippen LogP contribution in [0.3, 0.4) is 0 Å². The van der Waals surface area contributed by atoms with Crippen LogP contribution in [-0.4, -0.2) is 39.4 Å². The maximum absolute atomic E-state index is 12.1. The van der Waals surface area contributed by atoms with Gasteiger partial charge in [-0.25, -0.2) is 4.98 Å². The molecule has 0 spiro atoms. The molecule has 1 aliphatic rings. The molecule has 0 radical (unpaired) electrons. The molecule has 8 nitrogen and oxygen atoms in total. The van der Waals surface area contributed by atoms with Crippen LogP contribution in [0.4, 0.5) is 13.2 Å². The van der Waals surface area contributed by atoms with E-state index in [4.69, 9.17) is 0 Å². The fourth-order valence-corrected chi connectivity index (χ4v) is 2.25. The van der Waals surface area contributed by atoms with Crippen LogP contribution in [0.5, 0.6) is 5.88 Å². The van der Waals surface area contributed by atoms with E-state index in [1.807, 2.05) is 0 Å². The van der Waals surface area contributed by atoms with Gasteiger partial charge in [0.15, 0.2) is 6.61 Å². The van der Waals surface area contributed by atoms with Crippen molar-refractivity contribution in [2.45, 2.75) is 32.2 Å². The van der Waals surface area contributed by atoms with Crippen molar-refractivity contribution in [2.24, 2.45) is 5.92 Å². The monoisotopic (exact) mass is 397 g/mol. The smallest absolute Gasteiger partial charge is 0.422 e. The van der Waals surface area contributed by atoms with Gasteiger partial charge in [0, 0.05) is 30.9 Å². The highest BCUT2D eigenvalue weighted by molar-refractivity contribution is 5.92. The van der Waals surface area contributed by atoms with Crippen molar-refractivity contribution < 1.29 is 27.5 Å². The number of hydrogen-bond donors (Lipinski definition) is 2. The Hall–Kier alpha value is -3.11. The number of rotatable bonds is 8. The first kappa shape index (κ1) is 19.6. The summed E-state index contributed by atoms with van der Waals surface area (Å²) in [4.78, 5) is 27.5. The molecule has 2 aromatic rings. The lowest BCUT2D eigenvalue weighted by Crippen LogP contribution is -2.28. The average Bonchev–Trinajstić information content (AvgIpc) is 3.41. The molecule has 0 atom stereocenters. The second-order valence-electron chi connectivity index (χ2n) is 6.31. The minimum Gasteiger partial charge on any atom is -0.468 e. The lowest BCUT2D eigenvalue weighted by atomic mass is 10.3. The van der Waals surface area contributed by atoms with E-state index >= 15 is 0 Å². The van der Waals surface area contributed by atoms with E-state index in [1.165, 1.54) is 29.1 Å². The number of pyridine rings is 1. The molecule has 2 heterocycles. The fourth-order valence-electron chi connectivity index (χ4n) is 2.25. The summed E-state index contributed by atoms with van der Waals surface area (Å²) >= 11 is 0. The molecule has 28 heavy (non-hydrogen) atoms. The van der Waals surface area contributed by atoms with Crippen molar-refractivity contribution in [1.82, 2.24) is 25.4 Å². The Kier molecular flexibility index (Phi) is 5.81. The summed E-state index contributed by atoms with van der Waals surface area (Å²) in [5.74, 6) is -0.502. The quantitative estimate of drug-likeness (QED) is 0.706. The third-order valence-corrected chi connectivity index (χ3v) is 3.87. The number of nitrogens with one attached hydrogen (secondary N) is 2. The zero-order valence-corrected chi connectivity index (χ0v) is 14.7. The summed E-state index contributed by atoms with van der Waals surface area (Å²) in [6.07, 6.45) is 0.276. The lowest BCUT2D eigenvalue weighted by molar-refractivity contribution is -0.154. The Morgan fingerprint density at radius 3 is 2.64 bits per heavy atom. The van der Waals surface area contributed by atoms with Gasteiger partial charge in [-0.3, -0.25) is 14.3 Å². The Morgan fingerprint density at radius 1 is 1.21 bits per heavy atom. The maximum Gasteiger partial charge on any atom is 0.422 e. The third kappa shape index (κ3) is 5.96. The zero-order valence-electron chi connectivity index (χ0n) is 14.7. The molecule has 2 N–H and O–H groups in total. The number of amides is 2. The van der Waals surface area contributed by atoms with E-state index in [-0.39, 0.29) is 36.6 Å². The van der Waals surface area contributed by atoms with Gasteiger partial charge in [-0.15, -0.1) is 0 Å². The van der Waals surface area contributed by atoms with Gasteiger partial charge in [0.05, 0.1) is 0 Å². The SMILES string of the molecule is O=C(NCc1ccc(OCC(F)(F)F)nc1)c1ccn(CNC(=O)C2CC2)n1. The van der Waals surface area contributed by atoms with Gasteiger partial charge in [0.1, 0.15) is 12.4 Å². The molecular weight excluding hydrogens is 379 g/mol. The summed E-state index contributed by atoms with van der Waals surface area (Å²) in [7, 11) is 0. The van der Waals surface area contributed by atoms with Gasteiger partial charge >= 0.3 is 6.18 Å². The fraction of sp³-hybridized carbons (Fsp3) is 0.412. The van der Waals surface area contributed by atoms with E-state index in [0.29, 0.717) is 5.56 Å². The minimum atomic E-state index is -4.43. The molecule has 3 rings (SSSR count). The molecule has 0 bridgehead atoms. The highest BCUT2D eigenvalue weighted by Crippen LogP contribution is 2.28. The van der Waals surface area contributed by atoms with Crippen LogP contribution >= 0.6 is 0 Å². The van der Waals surface area contributed by atoms with E-state index in [2.05, 4.69) is 25.5 Å². The van der Waals surface area contributed by atoms with E-state index in [1.54, 1.807) is 6.20 Å². The van der Waals surface area contributed by atoms with Crippen molar-refractivity contribution in [3.8, 4) is 5.88 Å². The van der Waals surface area contributed by atoms with Crippen molar-refractivity contribution in [3.05, 3.63) is 41.9 Å². The number of ether oxygens (including phenoxy) is 1. The lowest BCUT2D eigenvalue weighted by Gasteiger charge is -2.09. The summed E-state index contributed by atoms with van der Waals surface area (Å²) in [5.41, 5.74) is 0.766. The van der Waals surface area contributed by atoms with E-state index in [9.17, 15) is 22.8 Å². The molecule has 1 aliphatic carbocycles. The molecule has 2 aromatic heterocycles. The van der Waals surface area contributed by atoms with Crippen LogP contribution in [0.15, 0.2) is 30.6 Å². The Bertz CT molecular complexity index is 831.